The summed E-state index contributed by atoms with van der Waals surface area (Å²) in [6, 6.07) is 0. The van der Waals surface area contributed by atoms with Crippen LogP contribution in [-0.4, -0.2) is 41.0 Å². The molecule has 312 valence electrons. The number of allylic oxidation sites excluding steroid dienone is 4. The Morgan fingerprint density at radius 3 is 1.19 bits per heavy atom. The van der Waals surface area contributed by atoms with E-state index in [1.54, 1.807) is 0 Å². The highest BCUT2D eigenvalue weighted by atomic mass is 31.2. The van der Waals surface area contributed by atoms with Crippen LogP contribution in [0.25, 0.3) is 0 Å². The molecule has 0 saturated carbocycles. The first-order chi connectivity index (χ1) is 25.8. The Bertz CT molecular complexity index is 915. The van der Waals surface area contributed by atoms with Crippen molar-refractivity contribution in [1.82, 2.24) is 0 Å². The molecule has 0 saturated heterocycles. The second-order valence-corrected chi connectivity index (χ2v) is 16.3. The van der Waals surface area contributed by atoms with E-state index < -0.39 is 32.5 Å². The molecule has 0 aliphatic carbocycles. The van der Waals surface area contributed by atoms with E-state index in [1.165, 1.54) is 135 Å². The van der Waals surface area contributed by atoms with Crippen LogP contribution in [0.1, 0.15) is 226 Å². The molecule has 2 N–H and O–H groups in total. The van der Waals surface area contributed by atoms with Crippen molar-refractivity contribution in [2.75, 3.05) is 13.2 Å². The fourth-order valence-corrected chi connectivity index (χ4v) is 6.72. The molecule has 0 aromatic rings. The molecule has 0 heterocycles. The van der Waals surface area contributed by atoms with Crippen molar-refractivity contribution in [2.24, 2.45) is 0 Å². The van der Waals surface area contributed by atoms with Crippen LogP contribution in [0, 0.1) is 0 Å². The third kappa shape index (κ3) is 43.1. The van der Waals surface area contributed by atoms with Gasteiger partial charge in [-0.05, 0) is 64.2 Å². The number of carbonyl (C=O) groups excluding carboxylic acids is 2. The molecule has 0 aromatic carbocycles. The minimum Gasteiger partial charge on any atom is -0.462 e. The first kappa shape index (κ1) is 51.5. The van der Waals surface area contributed by atoms with Gasteiger partial charge in [-0.25, -0.2) is 4.57 Å². The number of hydrogen-bond acceptors (Lipinski definition) is 6. The molecule has 0 radical (unpaired) electrons. The molecule has 1 unspecified atom stereocenters. The zero-order valence-electron chi connectivity index (χ0n) is 34.4. The Labute approximate surface area is 326 Å². The molecule has 0 fully saturated rings. The zero-order chi connectivity index (χ0) is 38.9. The average molecular weight is 771 g/mol. The first-order valence-corrected chi connectivity index (χ1v) is 23.7. The summed E-state index contributed by atoms with van der Waals surface area (Å²) >= 11 is 0. The number of esters is 2. The van der Waals surface area contributed by atoms with E-state index in [4.69, 9.17) is 19.3 Å². The van der Waals surface area contributed by atoms with Crippen molar-refractivity contribution >= 4 is 19.8 Å². The Morgan fingerprint density at radius 2 is 0.792 bits per heavy atom. The van der Waals surface area contributed by atoms with Crippen molar-refractivity contribution in [3.05, 3.63) is 24.3 Å². The van der Waals surface area contributed by atoms with E-state index in [2.05, 4.69) is 42.7 Å². The lowest BCUT2D eigenvalue weighted by Gasteiger charge is -2.18. The van der Waals surface area contributed by atoms with Crippen LogP contribution in [0.4, 0.5) is 0 Å². The molecular weight excluding hydrogens is 687 g/mol. The zero-order valence-corrected chi connectivity index (χ0v) is 35.3. The summed E-state index contributed by atoms with van der Waals surface area (Å²) in [6.07, 6.45) is 46.2. The summed E-state index contributed by atoms with van der Waals surface area (Å²) < 4.78 is 26.4. The summed E-state index contributed by atoms with van der Waals surface area (Å²) in [5.41, 5.74) is 0. The van der Waals surface area contributed by atoms with Gasteiger partial charge in [0.05, 0.1) is 6.61 Å². The molecule has 0 amide bonds. The molecule has 9 heteroatoms. The SMILES string of the molecule is CCCCC/C=C\CCCCCCCC(=O)OCC(COP(=O)(O)O)OC(=O)CCCCCCCCCCCCC/C=C\CCCCCCCCCC. The lowest BCUT2D eigenvalue weighted by Crippen LogP contribution is -2.29. The molecule has 53 heavy (non-hydrogen) atoms. The first-order valence-electron chi connectivity index (χ1n) is 22.1. The summed E-state index contributed by atoms with van der Waals surface area (Å²) in [4.78, 5) is 42.8. The molecule has 8 nitrogen and oxygen atoms in total. The van der Waals surface area contributed by atoms with E-state index in [0.717, 1.165) is 51.4 Å². The second kappa shape index (κ2) is 40.2. The number of unbranched alkanes of at least 4 members (excludes halogenated alkanes) is 27. The Morgan fingerprint density at radius 1 is 0.472 bits per heavy atom. The van der Waals surface area contributed by atoms with Crippen LogP contribution in [0.15, 0.2) is 24.3 Å². The molecule has 0 spiro atoms. The summed E-state index contributed by atoms with van der Waals surface area (Å²) in [6.45, 7) is 3.67. The van der Waals surface area contributed by atoms with Crippen LogP contribution in [-0.2, 0) is 28.2 Å². The number of hydrogen-bond donors (Lipinski definition) is 2. The van der Waals surface area contributed by atoms with Crippen LogP contribution in [0.3, 0.4) is 0 Å². The molecule has 0 aliphatic heterocycles. The van der Waals surface area contributed by atoms with Gasteiger partial charge < -0.3 is 19.3 Å². The van der Waals surface area contributed by atoms with Crippen LogP contribution >= 0.6 is 7.82 Å². The van der Waals surface area contributed by atoms with Crippen molar-refractivity contribution in [1.29, 1.82) is 0 Å². The highest BCUT2D eigenvalue weighted by Gasteiger charge is 2.22. The van der Waals surface area contributed by atoms with Gasteiger partial charge >= 0.3 is 19.8 Å². The summed E-state index contributed by atoms with van der Waals surface area (Å²) in [5, 5.41) is 0. The van der Waals surface area contributed by atoms with Crippen LogP contribution in [0.2, 0.25) is 0 Å². The standard InChI is InChI=1S/C44H83O8P/c1-3-5-7-9-11-13-15-17-18-19-20-21-22-23-24-25-26-27-29-31-33-35-37-39-44(46)52-42(41-51-53(47,48)49)40-50-43(45)38-36-34-32-30-28-16-14-12-10-8-6-4-2/h12,14,19-20,42H,3-11,13,15-18,21-41H2,1-2H3,(H2,47,48,49)/b14-12-,20-19-. The monoisotopic (exact) mass is 771 g/mol. The molecule has 0 aromatic heterocycles. The fourth-order valence-electron chi connectivity index (χ4n) is 6.36. The molecule has 1 atom stereocenters. The highest BCUT2D eigenvalue weighted by molar-refractivity contribution is 7.46. The predicted molar refractivity (Wildman–Crippen MR) is 221 cm³/mol. The maximum Gasteiger partial charge on any atom is 0.469 e. The van der Waals surface area contributed by atoms with Crippen molar-refractivity contribution in [3.8, 4) is 0 Å². The topological polar surface area (TPSA) is 119 Å². The van der Waals surface area contributed by atoms with E-state index >= 15 is 0 Å². The van der Waals surface area contributed by atoms with E-state index in [1.807, 2.05) is 0 Å². The molecule has 0 rings (SSSR count). The Balaban J connectivity index is 3.82. The summed E-state index contributed by atoms with van der Waals surface area (Å²) in [5.74, 6) is -0.889. The number of ether oxygens (including phenoxy) is 2. The highest BCUT2D eigenvalue weighted by Crippen LogP contribution is 2.36. The molecule has 0 bridgehead atoms. The maximum absolute atomic E-state index is 12.4. The predicted octanol–water partition coefficient (Wildman–Crippen LogP) is 13.6. The van der Waals surface area contributed by atoms with Gasteiger partial charge in [-0.1, -0.05) is 173 Å². The van der Waals surface area contributed by atoms with Crippen molar-refractivity contribution in [3.63, 3.8) is 0 Å². The quantitative estimate of drug-likeness (QED) is 0.0273. The van der Waals surface area contributed by atoms with E-state index in [0.29, 0.717) is 12.8 Å². The second-order valence-electron chi connectivity index (χ2n) is 15.0. The van der Waals surface area contributed by atoms with Gasteiger partial charge in [0.15, 0.2) is 6.10 Å². The van der Waals surface area contributed by atoms with Gasteiger partial charge in [0.1, 0.15) is 6.61 Å². The van der Waals surface area contributed by atoms with Gasteiger partial charge in [0.25, 0.3) is 0 Å². The molecule has 0 aliphatic rings. The fraction of sp³-hybridized carbons (Fsp3) is 0.864. The molecular formula is C44H83O8P. The van der Waals surface area contributed by atoms with Gasteiger partial charge in [-0.3, -0.25) is 14.1 Å². The van der Waals surface area contributed by atoms with E-state index in [9.17, 15) is 14.2 Å². The number of phosphoric acid groups is 1. The third-order valence-corrected chi connectivity index (χ3v) is 10.2. The normalized spacial score (nSPS) is 12.6. The third-order valence-electron chi connectivity index (χ3n) is 9.69. The number of carbonyl (C=O) groups is 2. The Hall–Kier alpha value is -1.47. The largest absolute Gasteiger partial charge is 0.469 e. The Kier molecular flexibility index (Phi) is 39.1. The van der Waals surface area contributed by atoms with Gasteiger partial charge in [0, 0.05) is 12.8 Å². The van der Waals surface area contributed by atoms with Crippen LogP contribution < -0.4 is 0 Å². The number of rotatable bonds is 41. The lowest BCUT2D eigenvalue weighted by atomic mass is 10.0. The minimum absolute atomic E-state index is 0.212. The maximum atomic E-state index is 12.4. The van der Waals surface area contributed by atoms with Crippen molar-refractivity contribution < 1.29 is 37.9 Å². The van der Waals surface area contributed by atoms with Crippen molar-refractivity contribution in [2.45, 2.75) is 232 Å². The number of phosphoric ester groups is 1. The van der Waals surface area contributed by atoms with Gasteiger partial charge in [-0.2, -0.15) is 0 Å². The van der Waals surface area contributed by atoms with Gasteiger partial charge in [-0.15, -0.1) is 0 Å². The smallest absolute Gasteiger partial charge is 0.462 e. The van der Waals surface area contributed by atoms with E-state index in [-0.39, 0.29) is 19.4 Å². The summed E-state index contributed by atoms with van der Waals surface area (Å²) in [7, 11) is -4.75. The lowest BCUT2D eigenvalue weighted by molar-refractivity contribution is -0.161. The average Bonchev–Trinajstić information content (AvgIpc) is 3.13. The van der Waals surface area contributed by atoms with Crippen LogP contribution in [0.5, 0.6) is 0 Å². The van der Waals surface area contributed by atoms with Gasteiger partial charge in [0.2, 0.25) is 0 Å². The minimum atomic E-state index is -4.75.